The summed E-state index contributed by atoms with van der Waals surface area (Å²) in [4.78, 5) is 10.1. The summed E-state index contributed by atoms with van der Waals surface area (Å²) in [6, 6.07) is 7.50. The molecule has 2 N–H and O–H groups in total. The Morgan fingerprint density at radius 1 is 1.27 bits per heavy atom. The lowest BCUT2D eigenvalue weighted by Crippen LogP contribution is -1.98. The predicted octanol–water partition coefficient (Wildman–Crippen LogP) is 1.30. The first-order valence-electron chi connectivity index (χ1n) is 3.35. The van der Waals surface area contributed by atoms with Crippen molar-refractivity contribution in [2.45, 2.75) is 0 Å². The van der Waals surface area contributed by atoms with Crippen LogP contribution in [0.3, 0.4) is 0 Å². The van der Waals surface area contributed by atoms with E-state index in [-0.39, 0.29) is 0 Å². The topological polar surface area (TPSA) is 41.1 Å². The van der Waals surface area contributed by atoms with E-state index < -0.39 is 0 Å². The number of rotatable bonds is 3. The molecule has 0 heterocycles. The summed E-state index contributed by atoms with van der Waals surface area (Å²) < 4.78 is 0. The molecule has 1 rings (SSSR count). The quantitative estimate of drug-likeness (QED) is 0.637. The maximum Gasteiger partial charge on any atom is 0.211 e. The van der Waals surface area contributed by atoms with Gasteiger partial charge in [-0.1, -0.05) is 12.1 Å². The molecule has 0 aliphatic carbocycles. The van der Waals surface area contributed by atoms with Crippen LogP contribution in [0.2, 0.25) is 0 Å². The van der Waals surface area contributed by atoms with E-state index in [2.05, 4.69) is 10.6 Å². The van der Waals surface area contributed by atoms with Crippen LogP contribution in [-0.2, 0) is 4.79 Å². The van der Waals surface area contributed by atoms with Crippen molar-refractivity contribution in [3.63, 3.8) is 0 Å². The summed E-state index contributed by atoms with van der Waals surface area (Å²) >= 11 is 0. The molecule has 0 saturated heterocycles. The van der Waals surface area contributed by atoms with E-state index in [1.807, 2.05) is 31.3 Å². The summed E-state index contributed by atoms with van der Waals surface area (Å²) in [6.45, 7) is 0. The fourth-order valence-corrected chi connectivity index (χ4v) is 0.890. The van der Waals surface area contributed by atoms with E-state index in [4.69, 9.17) is 0 Å². The van der Waals surface area contributed by atoms with E-state index in [1.165, 1.54) is 0 Å². The van der Waals surface area contributed by atoms with Gasteiger partial charge in [0.15, 0.2) is 0 Å². The zero-order valence-corrected chi connectivity index (χ0v) is 6.29. The highest BCUT2D eigenvalue weighted by molar-refractivity contribution is 5.80. The second-order valence-electron chi connectivity index (χ2n) is 2.06. The Hall–Kier alpha value is -1.51. The number of carbonyl (C=O) groups excluding carboxylic acids is 1. The van der Waals surface area contributed by atoms with Crippen LogP contribution in [0.4, 0.5) is 11.4 Å². The molecule has 0 fully saturated rings. The van der Waals surface area contributed by atoms with Gasteiger partial charge in [-0.25, -0.2) is 0 Å². The van der Waals surface area contributed by atoms with Gasteiger partial charge >= 0.3 is 0 Å². The SMILES string of the molecule is CNc1ccccc1NC=O. The number of hydrogen-bond acceptors (Lipinski definition) is 2. The number of benzene rings is 1. The third-order valence-corrected chi connectivity index (χ3v) is 1.41. The van der Waals surface area contributed by atoms with Gasteiger partial charge in [0.1, 0.15) is 0 Å². The van der Waals surface area contributed by atoms with Crippen molar-refractivity contribution in [1.82, 2.24) is 0 Å². The molecule has 0 bridgehead atoms. The van der Waals surface area contributed by atoms with Gasteiger partial charge in [-0.2, -0.15) is 0 Å². The molecular weight excluding hydrogens is 140 g/mol. The van der Waals surface area contributed by atoms with Crippen LogP contribution in [0.1, 0.15) is 0 Å². The largest absolute Gasteiger partial charge is 0.386 e. The Labute approximate surface area is 65.4 Å². The molecule has 3 heteroatoms. The first-order valence-corrected chi connectivity index (χ1v) is 3.35. The lowest BCUT2D eigenvalue weighted by molar-refractivity contribution is -0.105. The predicted molar refractivity (Wildman–Crippen MR) is 45.7 cm³/mol. The molecule has 0 spiro atoms. The maximum atomic E-state index is 10.1. The number of nitrogens with one attached hydrogen (secondary N) is 2. The molecule has 0 saturated carbocycles. The summed E-state index contributed by atoms with van der Waals surface area (Å²) in [7, 11) is 1.81. The first kappa shape index (κ1) is 7.60. The number of para-hydroxylation sites is 2. The maximum absolute atomic E-state index is 10.1. The Balaban J connectivity index is 2.92. The van der Waals surface area contributed by atoms with Crippen LogP contribution < -0.4 is 10.6 Å². The number of amides is 1. The average molecular weight is 150 g/mol. The third-order valence-electron chi connectivity index (χ3n) is 1.41. The molecule has 1 aromatic carbocycles. The standard InChI is InChI=1S/C8H10N2O/c1-9-7-4-2-3-5-8(7)10-6-11/h2-6,9H,1H3,(H,10,11). The molecule has 11 heavy (non-hydrogen) atoms. The van der Waals surface area contributed by atoms with Crippen LogP contribution in [0, 0.1) is 0 Å². The zero-order valence-electron chi connectivity index (χ0n) is 6.29. The van der Waals surface area contributed by atoms with E-state index in [0.717, 1.165) is 11.4 Å². The summed E-state index contributed by atoms with van der Waals surface area (Å²) in [6.07, 6.45) is 0.663. The molecule has 0 unspecified atom stereocenters. The molecule has 0 aliphatic rings. The summed E-state index contributed by atoms with van der Waals surface area (Å²) in [5.41, 5.74) is 1.71. The molecule has 0 atom stereocenters. The van der Waals surface area contributed by atoms with Gasteiger partial charge in [0.05, 0.1) is 11.4 Å². The van der Waals surface area contributed by atoms with Crippen molar-refractivity contribution in [2.24, 2.45) is 0 Å². The van der Waals surface area contributed by atoms with Gasteiger partial charge in [-0.05, 0) is 12.1 Å². The normalized spacial score (nSPS) is 8.82. The van der Waals surface area contributed by atoms with Gasteiger partial charge < -0.3 is 10.6 Å². The molecule has 0 aromatic heterocycles. The van der Waals surface area contributed by atoms with Crippen molar-refractivity contribution in [3.8, 4) is 0 Å². The number of hydrogen-bond donors (Lipinski definition) is 2. The highest BCUT2D eigenvalue weighted by Crippen LogP contribution is 2.18. The third kappa shape index (κ3) is 1.70. The van der Waals surface area contributed by atoms with E-state index in [1.54, 1.807) is 0 Å². The molecule has 1 aromatic rings. The lowest BCUT2D eigenvalue weighted by atomic mass is 10.3. The highest BCUT2D eigenvalue weighted by atomic mass is 16.1. The molecule has 1 amide bonds. The van der Waals surface area contributed by atoms with Crippen molar-refractivity contribution in [2.75, 3.05) is 17.7 Å². The number of anilines is 2. The first-order chi connectivity index (χ1) is 5.38. The van der Waals surface area contributed by atoms with E-state index >= 15 is 0 Å². The van der Waals surface area contributed by atoms with Crippen molar-refractivity contribution in [1.29, 1.82) is 0 Å². The Kier molecular flexibility index (Phi) is 2.49. The molecular formula is C8H10N2O. The Bertz CT molecular complexity index is 248. The lowest BCUT2D eigenvalue weighted by Gasteiger charge is -2.05. The zero-order chi connectivity index (χ0) is 8.10. The Morgan fingerprint density at radius 3 is 2.45 bits per heavy atom. The van der Waals surface area contributed by atoms with Crippen LogP contribution in [0.25, 0.3) is 0 Å². The van der Waals surface area contributed by atoms with E-state index in [9.17, 15) is 4.79 Å². The molecule has 58 valence electrons. The van der Waals surface area contributed by atoms with Crippen LogP contribution in [-0.4, -0.2) is 13.5 Å². The fourth-order valence-electron chi connectivity index (χ4n) is 0.890. The minimum atomic E-state index is 0.663. The minimum absolute atomic E-state index is 0.663. The fraction of sp³-hybridized carbons (Fsp3) is 0.125. The van der Waals surface area contributed by atoms with Gasteiger partial charge in [0, 0.05) is 7.05 Å². The smallest absolute Gasteiger partial charge is 0.211 e. The van der Waals surface area contributed by atoms with E-state index in [0.29, 0.717) is 6.41 Å². The highest BCUT2D eigenvalue weighted by Gasteiger charge is 1.94. The van der Waals surface area contributed by atoms with Gasteiger partial charge in [0.2, 0.25) is 6.41 Å². The second kappa shape index (κ2) is 3.61. The van der Waals surface area contributed by atoms with Gasteiger partial charge in [0.25, 0.3) is 0 Å². The molecule has 0 aliphatic heterocycles. The summed E-state index contributed by atoms with van der Waals surface area (Å²) in [5.74, 6) is 0. The van der Waals surface area contributed by atoms with Gasteiger partial charge in [-0.15, -0.1) is 0 Å². The van der Waals surface area contributed by atoms with Crippen LogP contribution in [0.15, 0.2) is 24.3 Å². The monoisotopic (exact) mass is 150 g/mol. The van der Waals surface area contributed by atoms with Crippen molar-refractivity contribution in [3.05, 3.63) is 24.3 Å². The average Bonchev–Trinajstić information content (AvgIpc) is 2.06. The Morgan fingerprint density at radius 2 is 1.91 bits per heavy atom. The van der Waals surface area contributed by atoms with Crippen LogP contribution in [0.5, 0.6) is 0 Å². The molecule has 3 nitrogen and oxygen atoms in total. The van der Waals surface area contributed by atoms with Crippen molar-refractivity contribution < 1.29 is 4.79 Å². The minimum Gasteiger partial charge on any atom is -0.386 e. The van der Waals surface area contributed by atoms with Gasteiger partial charge in [-0.3, -0.25) is 4.79 Å². The molecule has 0 radical (unpaired) electrons. The summed E-state index contributed by atoms with van der Waals surface area (Å²) in [5, 5.41) is 5.54. The van der Waals surface area contributed by atoms with Crippen LogP contribution >= 0.6 is 0 Å². The van der Waals surface area contributed by atoms with Crippen molar-refractivity contribution >= 4 is 17.8 Å². The number of carbonyl (C=O) groups is 1. The second-order valence-corrected chi connectivity index (χ2v) is 2.06.